The zero-order valence-electron chi connectivity index (χ0n) is 33.2. The first kappa shape index (κ1) is 41.2. The van der Waals surface area contributed by atoms with E-state index in [0.29, 0.717) is 19.7 Å². The fourth-order valence-corrected chi connectivity index (χ4v) is 8.45. The number of aliphatic hydroxyl groups excluding tert-OH is 1. The number of aryl methyl sites for hydroxylation is 2. The van der Waals surface area contributed by atoms with Crippen molar-refractivity contribution in [3.8, 4) is 10.4 Å². The van der Waals surface area contributed by atoms with Crippen molar-refractivity contribution in [3.63, 3.8) is 0 Å². The first-order valence-electron chi connectivity index (χ1n) is 19.9. The minimum atomic E-state index is -0.786. The topological polar surface area (TPSA) is 175 Å². The van der Waals surface area contributed by atoms with E-state index in [0.717, 1.165) is 71.0 Å². The number of carbonyl (C=O) groups excluding carboxylic acids is 3. The predicted octanol–water partition coefficient (Wildman–Crippen LogP) is 4.25. The first-order valence-corrected chi connectivity index (χ1v) is 20.7. The number of thiazole rings is 1. The zero-order chi connectivity index (χ0) is 39.8. The van der Waals surface area contributed by atoms with Gasteiger partial charge in [0.2, 0.25) is 17.7 Å². The van der Waals surface area contributed by atoms with E-state index < -0.39 is 23.6 Å². The number of nitrogens with one attached hydrogen (secondary N) is 4. The third kappa shape index (κ3) is 10.5. The van der Waals surface area contributed by atoms with E-state index in [1.807, 2.05) is 68.1 Å². The molecule has 2 fully saturated rings. The Labute approximate surface area is 333 Å². The number of hydrogen-bond acceptors (Lipinski definition) is 11. The summed E-state index contributed by atoms with van der Waals surface area (Å²) in [6.45, 7) is 11.4. The van der Waals surface area contributed by atoms with Crippen LogP contribution in [0, 0.1) is 12.3 Å². The maximum absolute atomic E-state index is 14.0. The lowest BCUT2D eigenvalue weighted by Gasteiger charge is -2.35. The average Bonchev–Trinajstić information content (AvgIpc) is 3.98. The molecule has 0 spiro atoms. The van der Waals surface area contributed by atoms with Crippen molar-refractivity contribution in [1.29, 1.82) is 0 Å². The lowest BCUT2D eigenvalue weighted by atomic mass is 9.85. The maximum Gasteiger partial charge on any atom is 0.243 e. The number of rotatable bonds is 17. The molecule has 3 aromatic heterocycles. The Bertz CT molecular complexity index is 1940. The lowest BCUT2D eigenvalue weighted by molar-refractivity contribution is -0.142. The Morgan fingerprint density at radius 2 is 1.86 bits per heavy atom. The van der Waals surface area contributed by atoms with Crippen LogP contribution in [0.5, 0.6) is 0 Å². The van der Waals surface area contributed by atoms with E-state index in [4.69, 9.17) is 4.74 Å². The highest BCUT2D eigenvalue weighted by Gasteiger charge is 2.43. The van der Waals surface area contributed by atoms with E-state index in [9.17, 15) is 19.5 Å². The van der Waals surface area contributed by atoms with Crippen LogP contribution < -0.4 is 21.3 Å². The number of fused-ring (bicyclic) bond motifs is 1. The lowest BCUT2D eigenvalue weighted by Crippen LogP contribution is -2.57. The largest absolute Gasteiger partial charge is 0.391 e. The number of likely N-dealkylation sites (tertiary alicyclic amines) is 1. The molecule has 0 bridgehead atoms. The molecule has 5 N–H and O–H groups in total. The summed E-state index contributed by atoms with van der Waals surface area (Å²) in [7, 11) is 0. The fourth-order valence-electron chi connectivity index (χ4n) is 7.64. The number of amides is 3. The summed E-state index contributed by atoms with van der Waals surface area (Å²) in [5, 5.41) is 28.1. The second-order valence-corrected chi connectivity index (χ2v) is 17.0. The smallest absolute Gasteiger partial charge is 0.243 e. The van der Waals surface area contributed by atoms with Crippen LogP contribution in [0.25, 0.3) is 16.1 Å². The van der Waals surface area contributed by atoms with Crippen LogP contribution in [0.15, 0.2) is 48.1 Å². The number of aromatic nitrogens is 4. The predicted molar refractivity (Wildman–Crippen MR) is 217 cm³/mol. The van der Waals surface area contributed by atoms with Gasteiger partial charge in [0, 0.05) is 62.4 Å². The van der Waals surface area contributed by atoms with Crippen LogP contribution in [0.4, 0.5) is 5.82 Å². The summed E-state index contributed by atoms with van der Waals surface area (Å²) in [5.41, 5.74) is 6.22. The quantitative estimate of drug-likeness (QED) is 0.0974. The second kappa shape index (κ2) is 18.7. The summed E-state index contributed by atoms with van der Waals surface area (Å²) in [6, 6.07) is 10.9. The van der Waals surface area contributed by atoms with Crippen molar-refractivity contribution in [1.82, 2.24) is 40.4 Å². The number of benzene rings is 1. The zero-order valence-corrected chi connectivity index (χ0v) is 34.0. The van der Waals surface area contributed by atoms with Crippen molar-refractivity contribution in [2.75, 3.05) is 31.6 Å². The molecule has 1 aliphatic heterocycles. The summed E-state index contributed by atoms with van der Waals surface area (Å²) in [5.74, 6) is 0.357. The van der Waals surface area contributed by atoms with E-state index in [1.165, 1.54) is 4.90 Å². The van der Waals surface area contributed by atoms with E-state index in [-0.39, 0.29) is 55.8 Å². The number of anilines is 1. The third-order valence-corrected chi connectivity index (χ3v) is 11.5. The molecule has 1 aromatic carbocycles. The number of nitrogens with zero attached hydrogens (tertiary/aromatic N) is 5. The second-order valence-electron chi connectivity index (χ2n) is 16.1. The molecular formula is C41H57N9O5S. The van der Waals surface area contributed by atoms with Gasteiger partial charge in [0.1, 0.15) is 11.9 Å². The third-order valence-electron chi connectivity index (χ3n) is 10.5. The Morgan fingerprint density at radius 1 is 1.07 bits per heavy atom. The molecular weight excluding hydrogens is 731 g/mol. The van der Waals surface area contributed by atoms with Gasteiger partial charge in [-0.15, -0.1) is 11.3 Å². The molecule has 4 heterocycles. The van der Waals surface area contributed by atoms with Crippen LogP contribution in [0.1, 0.15) is 83.2 Å². The molecule has 5 atom stereocenters. The number of carbonyl (C=O) groups is 3. The van der Waals surface area contributed by atoms with Gasteiger partial charge in [-0.05, 0) is 49.1 Å². The normalized spacial score (nSPS) is 20.4. The molecule has 302 valence electrons. The molecule has 4 aromatic rings. The minimum Gasteiger partial charge on any atom is -0.391 e. The molecule has 0 radical (unpaired) electrons. The van der Waals surface area contributed by atoms with Crippen molar-refractivity contribution in [3.05, 3.63) is 65.1 Å². The Balaban J connectivity index is 0.912. The highest BCUT2D eigenvalue weighted by Crippen LogP contribution is 2.29. The standard InChI is InChI=1S/C41H57N9O5S/c1-6-7-29-21-35(50-34(46-29)14-16-45-50)47-30-12-13-31(20-30)48-36(52)15-18-55-19-17-42-38(41(3,4)5)40(54)49-24-32(51)22-33(49)39(53)43-23-27-8-10-28(11-9-27)37-26(2)44-25-56-37/h8-11,14,16,21,25,30-33,38,42,47,51H,6-7,12-13,15,17-20,22-24H2,1-5H3,(H,43,53)(H,48,52)/t30-,31-,32-,33+,38?/m1/s1. The van der Waals surface area contributed by atoms with Gasteiger partial charge in [0.05, 0.1) is 47.6 Å². The van der Waals surface area contributed by atoms with Gasteiger partial charge in [-0.2, -0.15) is 9.61 Å². The van der Waals surface area contributed by atoms with Crippen LogP contribution in [0.2, 0.25) is 0 Å². The fraction of sp³-hybridized carbons (Fsp3) is 0.561. The number of hydrogen-bond donors (Lipinski definition) is 5. The summed E-state index contributed by atoms with van der Waals surface area (Å²) < 4.78 is 7.63. The average molecular weight is 788 g/mol. The van der Waals surface area contributed by atoms with E-state index in [2.05, 4.69) is 49.3 Å². The number of ether oxygens (including phenoxy) is 1. The molecule has 1 saturated carbocycles. The molecule has 2 aliphatic rings. The first-order chi connectivity index (χ1) is 26.9. The van der Waals surface area contributed by atoms with Gasteiger partial charge in [-0.1, -0.05) is 58.4 Å². The van der Waals surface area contributed by atoms with E-state index in [1.54, 1.807) is 17.5 Å². The molecule has 56 heavy (non-hydrogen) atoms. The molecule has 3 amide bonds. The molecule has 1 saturated heterocycles. The van der Waals surface area contributed by atoms with Crippen LogP contribution in [-0.4, -0.2) is 104 Å². The maximum atomic E-state index is 14.0. The van der Waals surface area contributed by atoms with Crippen molar-refractivity contribution < 1.29 is 24.2 Å². The monoisotopic (exact) mass is 787 g/mol. The van der Waals surface area contributed by atoms with Crippen molar-refractivity contribution >= 4 is 40.5 Å². The van der Waals surface area contributed by atoms with Gasteiger partial charge in [0.25, 0.3) is 0 Å². The van der Waals surface area contributed by atoms with Crippen LogP contribution in [-0.2, 0) is 32.1 Å². The highest BCUT2D eigenvalue weighted by molar-refractivity contribution is 7.13. The van der Waals surface area contributed by atoms with Gasteiger partial charge >= 0.3 is 0 Å². The molecule has 1 unspecified atom stereocenters. The van der Waals surface area contributed by atoms with Crippen molar-refractivity contribution in [2.24, 2.45) is 5.41 Å². The number of aliphatic hydroxyl groups is 1. The minimum absolute atomic E-state index is 0.0464. The summed E-state index contributed by atoms with van der Waals surface area (Å²) >= 11 is 1.59. The molecule has 14 nitrogen and oxygen atoms in total. The van der Waals surface area contributed by atoms with Gasteiger partial charge in [-0.25, -0.2) is 9.97 Å². The Hall–Kier alpha value is -4.44. The summed E-state index contributed by atoms with van der Waals surface area (Å²) in [6.07, 6.45) is 5.98. The van der Waals surface area contributed by atoms with E-state index >= 15 is 0 Å². The highest BCUT2D eigenvalue weighted by atomic mass is 32.1. The van der Waals surface area contributed by atoms with Gasteiger partial charge in [0.15, 0.2) is 5.65 Å². The Kier molecular flexibility index (Phi) is 13.7. The molecule has 15 heteroatoms. The van der Waals surface area contributed by atoms with Crippen molar-refractivity contribution in [2.45, 2.75) is 116 Å². The summed E-state index contributed by atoms with van der Waals surface area (Å²) in [4.78, 5) is 51.8. The van der Waals surface area contributed by atoms with Gasteiger partial charge < -0.3 is 36.0 Å². The molecule has 1 aliphatic carbocycles. The van der Waals surface area contributed by atoms with Gasteiger partial charge in [-0.3, -0.25) is 14.4 Å². The van der Waals surface area contributed by atoms with Crippen LogP contribution in [0.3, 0.4) is 0 Å². The molecule has 6 rings (SSSR count). The number of β-amino-alcohol motifs (C(OH)–C–C–N with tert-alkyl or cyclic N) is 1. The van der Waals surface area contributed by atoms with Crippen LogP contribution >= 0.6 is 11.3 Å². The Morgan fingerprint density at radius 3 is 2.59 bits per heavy atom. The SMILES string of the molecule is CCCc1cc(N[C@@H]2CC[C@@H](NC(=O)CCOCCNC(C(=O)N3C[C@H](O)C[C@H]3C(=O)NCc3ccc(-c4scnc4C)cc3)C(C)(C)C)C2)n2nccc2n1.